The molecule has 5 heteroatoms. The topological polar surface area (TPSA) is 42.7 Å². The van der Waals surface area contributed by atoms with E-state index in [9.17, 15) is 4.39 Å². The van der Waals surface area contributed by atoms with Crippen molar-refractivity contribution in [2.24, 2.45) is 7.05 Å². The maximum atomic E-state index is 13.0. The van der Waals surface area contributed by atoms with Gasteiger partial charge in [0.2, 0.25) is 5.95 Å². The first kappa shape index (κ1) is 9.64. The number of anilines is 1. The van der Waals surface area contributed by atoms with E-state index in [-0.39, 0.29) is 5.82 Å². The summed E-state index contributed by atoms with van der Waals surface area (Å²) < 4.78 is 14.6. The van der Waals surface area contributed by atoms with Crippen LogP contribution in [0.25, 0.3) is 11.4 Å². The number of benzene rings is 1. The Balaban J connectivity index is 2.45. The molecule has 1 N–H and O–H groups in total. The minimum atomic E-state index is -0.286. The Hall–Kier alpha value is -1.91. The Bertz CT molecular complexity index is 478. The van der Waals surface area contributed by atoms with Crippen LogP contribution in [0, 0.1) is 5.82 Å². The molecule has 0 bridgehead atoms. The molecule has 2 aromatic rings. The van der Waals surface area contributed by atoms with Gasteiger partial charge in [-0.2, -0.15) is 4.98 Å². The van der Waals surface area contributed by atoms with Crippen LogP contribution in [-0.4, -0.2) is 21.8 Å². The van der Waals surface area contributed by atoms with E-state index in [1.54, 1.807) is 30.9 Å². The van der Waals surface area contributed by atoms with Crippen LogP contribution in [0.3, 0.4) is 0 Å². The first-order chi connectivity index (χ1) is 7.20. The van der Waals surface area contributed by atoms with Crippen LogP contribution in [0.2, 0.25) is 0 Å². The Morgan fingerprint density at radius 2 is 2.20 bits per heavy atom. The van der Waals surface area contributed by atoms with E-state index >= 15 is 0 Å². The van der Waals surface area contributed by atoms with Gasteiger partial charge in [0.05, 0.1) is 0 Å². The van der Waals surface area contributed by atoms with Crippen molar-refractivity contribution in [3.63, 3.8) is 0 Å². The molecule has 4 nitrogen and oxygen atoms in total. The molecular formula is C10H11FN4. The summed E-state index contributed by atoms with van der Waals surface area (Å²) in [7, 11) is 3.54. The van der Waals surface area contributed by atoms with Crippen LogP contribution in [0.5, 0.6) is 0 Å². The van der Waals surface area contributed by atoms with Gasteiger partial charge in [0.15, 0.2) is 5.82 Å². The fourth-order valence-corrected chi connectivity index (χ4v) is 1.35. The number of nitrogens with one attached hydrogen (secondary N) is 1. The Kier molecular flexibility index (Phi) is 2.37. The highest BCUT2D eigenvalue weighted by Crippen LogP contribution is 2.17. The Morgan fingerprint density at radius 1 is 1.40 bits per heavy atom. The SMILES string of the molecule is CNc1nc(-c2cccc(F)c2)nn1C. The standard InChI is InChI=1S/C10H11FN4/c1-12-10-13-9(14-15(10)2)7-4-3-5-8(11)6-7/h3-6H,1-2H3,(H,12,13,14). The summed E-state index contributed by atoms with van der Waals surface area (Å²) in [6.07, 6.45) is 0. The van der Waals surface area contributed by atoms with Crippen molar-refractivity contribution in [3.05, 3.63) is 30.1 Å². The fraction of sp³-hybridized carbons (Fsp3) is 0.200. The zero-order chi connectivity index (χ0) is 10.8. The molecule has 0 aliphatic carbocycles. The Morgan fingerprint density at radius 3 is 2.80 bits per heavy atom. The van der Waals surface area contributed by atoms with Crippen molar-refractivity contribution in [1.29, 1.82) is 0 Å². The van der Waals surface area contributed by atoms with Crippen molar-refractivity contribution in [2.45, 2.75) is 0 Å². The summed E-state index contributed by atoms with van der Waals surface area (Å²) in [5.41, 5.74) is 0.673. The van der Waals surface area contributed by atoms with E-state index in [1.165, 1.54) is 12.1 Å². The molecule has 0 aliphatic rings. The molecule has 1 aromatic heterocycles. The van der Waals surface area contributed by atoms with Gasteiger partial charge >= 0.3 is 0 Å². The smallest absolute Gasteiger partial charge is 0.221 e. The van der Waals surface area contributed by atoms with Crippen molar-refractivity contribution < 1.29 is 4.39 Å². The highest BCUT2D eigenvalue weighted by Gasteiger charge is 2.07. The molecule has 15 heavy (non-hydrogen) atoms. The first-order valence-corrected chi connectivity index (χ1v) is 4.55. The second-order valence-electron chi connectivity index (χ2n) is 3.14. The molecule has 1 heterocycles. The van der Waals surface area contributed by atoms with E-state index in [0.717, 1.165) is 0 Å². The van der Waals surface area contributed by atoms with E-state index in [4.69, 9.17) is 0 Å². The number of nitrogens with zero attached hydrogens (tertiary/aromatic N) is 3. The molecule has 1 aromatic carbocycles. The average molecular weight is 206 g/mol. The fourth-order valence-electron chi connectivity index (χ4n) is 1.35. The average Bonchev–Trinajstić information content (AvgIpc) is 2.60. The maximum absolute atomic E-state index is 13.0. The van der Waals surface area contributed by atoms with E-state index in [1.807, 2.05) is 0 Å². The molecule has 0 saturated carbocycles. The van der Waals surface area contributed by atoms with Crippen LogP contribution >= 0.6 is 0 Å². The highest BCUT2D eigenvalue weighted by molar-refractivity contribution is 5.56. The van der Waals surface area contributed by atoms with E-state index < -0.39 is 0 Å². The molecule has 0 fully saturated rings. The second kappa shape index (κ2) is 3.68. The Labute approximate surface area is 86.8 Å². The molecule has 0 atom stereocenters. The minimum Gasteiger partial charge on any atom is -0.357 e. The van der Waals surface area contributed by atoms with E-state index in [2.05, 4.69) is 15.4 Å². The zero-order valence-electron chi connectivity index (χ0n) is 8.53. The molecular weight excluding hydrogens is 195 g/mol. The molecule has 0 amide bonds. The third-order valence-corrected chi connectivity index (χ3v) is 2.07. The van der Waals surface area contributed by atoms with Gasteiger partial charge in [0.25, 0.3) is 0 Å². The van der Waals surface area contributed by atoms with Gasteiger partial charge in [-0.1, -0.05) is 12.1 Å². The van der Waals surface area contributed by atoms with Gasteiger partial charge in [-0.25, -0.2) is 9.07 Å². The largest absolute Gasteiger partial charge is 0.357 e. The second-order valence-corrected chi connectivity index (χ2v) is 3.14. The van der Waals surface area contributed by atoms with Crippen molar-refractivity contribution in [3.8, 4) is 11.4 Å². The summed E-state index contributed by atoms with van der Waals surface area (Å²) in [6.45, 7) is 0. The lowest BCUT2D eigenvalue weighted by molar-refractivity contribution is 0.628. The van der Waals surface area contributed by atoms with Gasteiger partial charge in [-0.05, 0) is 12.1 Å². The molecule has 0 radical (unpaired) electrons. The molecule has 0 aliphatic heterocycles. The quantitative estimate of drug-likeness (QED) is 0.812. The number of rotatable bonds is 2. The van der Waals surface area contributed by atoms with Gasteiger partial charge < -0.3 is 5.32 Å². The molecule has 78 valence electrons. The first-order valence-electron chi connectivity index (χ1n) is 4.55. The van der Waals surface area contributed by atoms with Crippen molar-refractivity contribution in [1.82, 2.24) is 14.8 Å². The lowest BCUT2D eigenvalue weighted by Crippen LogP contribution is -1.98. The van der Waals surface area contributed by atoms with Gasteiger partial charge in [-0.15, -0.1) is 5.10 Å². The third kappa shape index (κ3) is 1.81. The van der Waals surface area contributed by atoms with Crippen LogP contribution in [0.1, 0.15) is 0 Å². The normalized spacial score (nSPS) is 10.3. The van der Waals surface area contributed by atoms with Crippen LogP contribution in [-0.2, 0) is 7.05 Å². The number of aryl methyl sites for hydroxylation is 1. The molecule has 2 rings (SSSR count). The van der Waals surface area contributed by atoms with Crippen LogP contribution in [0.4, 0.5) is 10.3 Å². The summed E-state index contributed by atoms with van der Waals surface area (Å²) >= 11 is 0. The van der Waals surface area contributed by atoms with Gasteiger partial charge in [0.1, 0.15) is 5.82 Å². The monoisotopic (exact) mass is 206 g/mol. The molecule has 0 saturated heterocycles. The number of hydrogen-bond donors (Lipinski definition) is 1. The molecule has 0 spiro atoms. The summed E-state index contributed by atoms with van der Waals surface area (Å²) in [5, 5.41) is 7.06. The third-order valence-electron chi connectivity index (χ3n) is 2.07. The summed E-state index contributed by atoms with van der Waals surface area (Å²) in [4.78, 5) is 4.21. The maximum Gasteiger partial charge on any atom is 0.221 e. The summed E-state index contributed by atoms with van der Waals surface area (Å²) in [5.74, 6) is 0.876. The van der Waals surface area contributed by atoms with Crippen LogP contribution in [0.15, 0.2) is 24.3 Å². The lowest BCUT2D eigenvalue weighted by Gasteiger charge is -1.93. The molecule has 0 unspecified atom stereocenters. The van der Waals surface area contributed by atoms with Crippen LogP contribution < -0.4 is 5.32 Å². The van der Waals surface area contributed by atoms with E-state index in [0.29, 0.717) is 17.3 Å². The summed E-state index contributed by atoms with van der Waals surface area (Å²) in [6, 6.07) is 6.22. The van der Waals surface area contributed by atoms with Gasteiger partial charge in [-0.3, -0.25) is 0 Å². The lowest BCUT2D eigenvalue weighted by atomic mass is 10.2. The minimum absolute atomic E-state index is 0.286. The number of halogens is 1. The van der Waals surface area contributed by atoms with Crippen molar-refractivity contribution >= 4 is 5.95 Å². The number of hydrogen-bond acceptors (Lipinski definition) is 3. The number of aromatic nitrogens is 3. The van der Waals surface area contributed by atoms with Gasteiger partial charge in [0, 0.05) is 19.7 Å². The predicted octanol–water partition coefficient (Wildman–Crippen LogP) is 1.66. The van der Waals surface area contributed by atoms with Crippen molar-refractivity contribution in [2.75, 3.05) is 12.4 Å². The highest BCUT2D eigenvalue weighted by atomic mass is 19.1. The predicted molar refractivity (Wildman–Crippen MR) is 55.9 cm³/mol. The zero-order valence-corrected chi connectivity index (χ0v) is 8.53.